The van der Waals surface area contributed by atoms with Crippen LogP contribution in [-0.4, -0.2) is 15.2 Å². The number of hydrogen-bond donors (Lipinski definition) is 3. The number of nitrogens with zero attached hydrogens (tertiary/aromatic N) is 1. The van der Waals surface area contributed by atoms with Crippen molar-refractivity contribution in [2.75, 3.05) is 0 Å². The van der Waals surface area contributed by atoms with Crippen LogP contribution in [0.3, 0.4) is 0 Å². The highest BCUT2D eigenvalue weighted by molar-refractivity contribution is 7.11. The fraction of sp³-hybridized carbons (Fsp3) is 0.357. The summed E-state index contributed by atoms with van der Waals surface area (Å²) in [7, 11) is 0. The van der Waals surface area contributed by atoms with Crippen molar-refractivity contribution < 1.29 is 10.2 Å². The predicted octanol–water partition coefficient (Wildman–Crippen LogP) is 3.27. The van der Waals surface area contributed by atoms with Gasteiger partial charge in [0.25, 0.3) is 0 Å². The Kier molecular flexibility index (Phi) is 4.07. The average Bonchev–Trinajstić information content (AvgIpc) is 2.74. The van der Waals surface area contributed by atoms with Crippen LogP contribution in [-0.2, 0) is 0 Å². The minimum absolute atomic E-state index is 0.0113. The van der Waals surface area contributed by atoms with Gasteiger partial charge in [0.1, 0.15) is 16.5 Å². The lowest BCUT2D eigenvalue weighted by atomic mass is 10.1. The molecular formula is C14H18N2O2S. The molecule has 0 spiro atoms. The first-order valence-corrected chi connectivity index (χ1v) is 6.98. The van der Waals surface area contributed by atoms with E-state index in [4.69, 9.17) is 0 Å². The molecule has 0 aliphatic rings. The van der Waals surface area contributed by atoms with Crippen molar-refractivity contribution in [1.29, 1.82) is 0 Å². The first kappa shape index (κ1) is 13.8. The van der Waals surface area contributed by atoms with E-state index >= 15 is 0 Å². The third-order valence-corrected chi connectivity index (χ3v) is 4.03. The molecule has 4 nitrogen and oxygen atoms in total. The van der Waals surface area contributed by atoms with Crippen LogP contribution in [0.4, 0.5) is 0 Å². The Balaban J connectivity index is 2.10. The Morgan fingerprint density at radius 1 is 1.11 bits per heavy atom. The molecule has 0 amide bonds. The molecule has 0 saturated heterocycles. The minimum atomic E-state index is 0.0113. The lowest BCUT2D eigenvalue weighted by molar-refractivity contribution is 0.442. The number of aryl methyl sites for hydroxylation is 1. The van der Waals surface area contributed by atoms with Crippen LogP contribution in [0.25, 0.3) is 0 Å². The zero-order chi connectivity index (χ0) is 14.0. The fourth-order valence-corrected chi connectivity index (χ4v) is 2.77. The molecule has 0 fully saturated rings. The maximum Gasteiger partial charge on any atom is 0.119 e. The summed E-state index contributed by atoms with van der Waals surface area (Å²) in [6.45, 7) is 6.08. The number of phenolic OH excluding ortho intramolecular Hbond substituents is 2. The minimum Gasteiger partial charge on any atom is -0.508 e. The summed E-state index contributed by atoms with van der Waals surface area (Å²) in [6.07, 6.45) is 1.86. The monoisotopic (exact) mass is 278 g/mol. The number of thiazole rings is 1. The van der Waals surface area contributed by atoms with Gasteiger partial charge in [-0.25, -0.2) is 4.98 Å². The van der Waals surface area contributed by atoms with E-state index in [2.05, 4.69) is 17.2 Å². The van der Waals surface area contributed by atoms with Gasteiger partial charge in [0.15, 0.2) is 0 Å². The van der Waals surface area contributed by atoms with Crippen LogP contribution in [0.5, 0.6) is 11.5 Å². The molecule has 2 atom stereocenters. The number of phenols is 2. The lowest BCUT2D eigenvalue weighted by Gasteiger charge is -2.19. The van der Waals surface area contributed by atoms with Gasteiger partial charge >= 0.3 is 0 Å². The van der Waals surface area contributed by atoms with Gasteiger partial charge in [0, 0.05) is 23.2 Å². The zero-order valence-electron chi connectivity index (χ0n) is 11.2. The lowest BCUT2D eigenvalue weighted by Crippen LogP contribution is -2.22. The second-order valence-corrected chi connectivity index (χ2v) is 5.97. The third kappa shape index (κ3) is 3.45. The molecule has 3 N–H and O–H groups in total. The van der Waals surface area contributed by atoms with Crippen LogP contribution >= 0.6 is 11.3 Å². The molecule has 2 unspecified atom stereocenters. The molecule has 0 aliphatic heterocycles. The Hall–Kier alpha value is -1.59. The van der Waals surface area contributed by atoms with E-state index in [9.17, 15) is 10.2 Å². The molecule has 2 aromatic rings. The largest absolute Gasteiger partial charge is 0.508 e. The molecule has 0 bridgehead atoms. The average molecular weight is 278 g/mol. The van der Waals surface area contributed by atoms with Gasteiger partial charge < -0.3 is 15.5 Å². The molecule has 5 heteroatoms. The maximum atomic E-state index is 9.50. The van der Waals surface area contributed by atoms with E-state index in [1.54, 1.807) is 23.5 Å². The summed E-state index contributed by atoms with van der Waals surface area (Å²) in [5, 5.41) is 23.4. The Bertz CT molecular complexity index is 548. The van der Waals surface area contributed by atoms with Crippen molar-refractivity contribution in [2.45, 2.75) is 32.9 Å². The number of aromatic hydroxyl groups is 2. The standard InChI is InChI=1S/C14H18N2O2S/c1-8-7-15-14(19-8)10(3)16-9(2)11-4-12(17)6-13(18)5-11/h4-7,9-10,16-18H,1-3H3. The first-order chi connectivity index (χ1) is 8.95. The van der Waals surface area contributed by atoms with E-state index in [1.165, 1.54) is 10.9 Å². The molecule has 0 saturated carbocycles. The maximum absolute atomic E-state index is 9.50. The molecule has 1 heterocycles. The van der Waals surface area contributed by atoms with Gasteiger partial charge in [0.05, 0.1) is 6.04 Å². The highest BCUT2D eigenvalue weighted by Crippen LogP contribution is 2.27. The van der Waals surface area contributed by atoms with E-state index in [1.807, 2.05) is 20.0 Å². The Morgan fingerprint density at radius 3 is 2.26 bits per heavy atom. The van der Waals surface area contributed by atoms with Gasteiger partial charge in [-0.3, -0.25) is 0 Å². The Labute approximate surface area is 116 Å². The molecule has 0 aliphatic carbocycles. The number of aromatic nitrogens is 1. The van der Waals surface area contributed by atoms with E-state index < -0.39 is 0 Å². The van der Waals surface area contributed by atoms with Crippen LogP contribution < -0.4 is 5.32 Å². The topological polar surface area (TPSA) is 65.4 Å². The summed E-state index contributed by atoms with van der Waals surface area (Å²) in [5.41, 5.74) is 0.845. The van der Waals surface area contributed by atoms with Crippen LogP contribution in [0.2, 0.25) is 0 Å². The Morgan fingerprint density at radius 2 is 1.74 bits per heavy atom. The number of rotatable bonds is 4. The molecule has 19 heavy (non-hydrogen) atoms. The normalized spacial score (nSPS) is 14.3. The van der Waals surface area contributed by atoms with Crippen molar-refractivity contribution >= 4 is 11.3 Å². The van der Waals surface area contributed by atoms with Crippen molar-refractivity contribution in [1.82, 2.24) is 10.3 Å². The zero-order valence-corrected chi connectivity index (χ0v) is 12.0. The molecular weight excluding hydrogens is 260 g/mol. The number of hydrogen-bond acceptors (Lipinski definition) is 5. The van der Waals surface area contributed by atoms with Crippen molar-refractivity contribution in [3.8, 4) is 11.5 Å². The van der Waals surface area contributed by atoms with Gasteiger partial charge in [-0.05, 0) is 38.5 Å². The van der Waals surface area contributed by atoms with Crippen molar-refractivity contribution in [2.24, 2.45) is 0 Å². The quantitative estimate of drug-likeness (QED) is 0.803. The summed E-state index contributed by atoms with van der Waals surface area (Å²) >= 11 is 1.67. The second-order valence-electron chi connectivity index (χ2n) is 4.70. The number of nitrogens with one attached hydrogen (secondary N) is 1. The first-order valence-electron chi connectivity index (χ1n) is 6.17. The van der Waals surface area contributed by atoms with Gasteiger partial charge in [-0.2, -0.15) is 0 Å². The van der Waals surface area contributed by atoms with E-state index in [0.717, 1.165) is 10.6 Å². The molecule has 2 rings (SSSR count). The summed E-state index contributed by atoms with van der Waals surface area (Å²) in [5.74, 6) is 0.141. The SMILES string of the molecule is Cc1cnc(C(C)NC(C)c2cc(O)cc(O)c2)s1. The highest BCUT2D eigenvalue weighted by atomic mass is 32.1. The van der Waals surface area contributed by atoms with Gasteiger partial charge in [-0.1, -0.05) is 0 Å². The predicted molar refractivity (Wildman–Crippen MR) is 76.6 cm³/mol. The third-order valence-electron chi connectivity index (χ3n) is 2.93. The summed E-state index contributed by atoms with van der Waals surface area (Å²) < 4.78 is 0. The van der Waals surface area contributed by atoms with E-state index in [-0.39, 0.29) is 23.6 Å². The molecule has 1 aromatic heterocycles. The van der Waals surface area contributed by atoms with Crippen molar-refractivity contribution in [3.63, 3.8) is 0 Å². The highest BCUT2D eigenvalue weighted by Gasteiger charge is 2.14. The number of benzene rings is 1. The molecule has 102 valence electrons. The summed E-state index contributed by atoms with van der Waals surface area (Å²) in [6, 6.07) is 4.76. The van der Waals surface area contributed by atoms with Crippen LogP contribution in [0.1, 0.15) is 41.4 Å². The molecule has 0 radical (unpaired) electrons. The van der Waals surface area contributed by atoms with E-state index in [0.29, 0.717) is 0 Å². The summed E-state index contributed by atoms with van der Waals surface area (Å²) in [4.78, 5) is 5.54. The van der Waals surface area contributed by atoms with Gasteiger partial charge in [-0.15, -0.1) is 11.3 Å². The fourth-order valence-electron chi connectivity index (χ4n) is 1.98. The second kappa shape index (κ2) is 5.59. The molecule has 1 aromatic carbocycles. The van der Waals surface area contributed by atoms with Gasteiger partial charge in [0.2, 0.25) is 0 Å². The smallest absolute Gasteiger partial charge is 0.119 e. The van der Waals surface area contributed by atoms with Crippen LogP contribution in [0, 0.1) is 6.92 Å². The van der Waals surface area contributed by atoms with Crippen LogP contribution in [0.15, 0.2) is 24.4 Å². The van der Waals surface area contributed by atoms with Crippen molar-refractivity contribution in [3.05, 3.63) is 39.8 Å².